The topological polar surface area (TPSA) is 64.1 Å². The van der Waals surface area contributed by atoms with Crippen LogP contribution in [0.3, 0.4) is 0 Å². The third-order valence-electron chi connectivity index (χ3n) is 3.44. The summed E-state index contributed by atoms with van der Waals surface area (Å²) in [5.74, 6) is 0.429. The fraction of sp³-hybridized carbons (Fsp3) is 0.400. The highest BCUT2D eigenvalue weighted by atomic mass is 32.1. The highest BCUT2D eigenvalue weighted by molar-refractivity contribution is 7.15. The Hall–Kier alpha value is -1.95. The van der Waals surface area contributed by atoms with Crippen molar-refractivity contribution in [1.82, 2.24) is 10.2 Å². The Morgan fingerprint density at radius 1 is 1.38 bits per heavy atom. The molecule has 0 aliphatic heterocycles. The van der Waals surface area contributed by atoms with Crippen LogP contribution < -0.4 is 10.1 Å². The van der Waals surface area contributed by atoms with Crippen molar-refractivity contribution >= 4 is 22.4 Å². The number of ether oxygens (including phenoxy) is 1. The predicted octanol–water partition coefficient (Wildman–Crippen LogP) is 3.49. The summed E-state index contributed by atoms with van der Waals surface area (Å²) in [7, 11) is 1.57. The van der Waals surface area contributed by atoms with Crippen molar-refractivity contribution < 1.29 is 9.53 Å². The van der Waals surface area contributed by atoms with Crippen molar-refractivity contribution in [2.75, 3.05) is 12.4 Å². The van der Waals surface area contributed by atoms with E-state index in [0.29, 0.717) is 16.4 Å². The summed E-state index contributed by atoms with van der Waals surface area (Å²) >= 11 is 1.41. The van der Waals surface area contributed by atoms with Crippen LogP contribution in [0, 0.1) is 0 Å². The van der Waals surface area contributed by atoms with Gasteiger partial charge < -0.3 is 4.74 Å². The molecule has 6 heteroatoms. The zero-order chi connectivity index (χ0) is 15.5. The summed E-state index contributed by atoms with van der Waals surface area (Å²) in [6.07, 6.45) is 0.964. The number of methoxy groups -OCH3 is 1. The number of carbonyl (C=O) groups is 1. The minimum atomic E-state index is -0.217. The Labute approximate surface area is 128 Å². The molecule has 0 aliphatic rings. The van der Waals surface area contributed by atoms with E-state index in [1.165, 1.54) is 11.3 Å². The van der Waals surface area contributed by atoms with Crippen molar-refractivity contribution in [3.63, 3.8) is 0 Å². The van der Waals surface area contributed by atoms with Gasteiger partial charge in [0, 0.05) is 11.0 Å². The minimum absolute atomic E-state index is 0.0311. The number of hydrogen-bond acceptors (Lipinski definition) is 5. The monoisotopic (exact) mass is 305 g/mol. The number of nitrogens with zero attached hydrogens (tertiary/aromatic N) is 2. The molecule has 1 N–H and O–H groups in total. The molecule has 1 aromatic heterocycles. The molecule has 21 heavy (non-hydrogen) atoms. The Morgan fingerprint density at radius 3 is 2.81 bits per heavy atom. The number of carbonyl (C=O) groups excluding carboxylic acids is 1. The van der Waals surface area contributed by atoms with Gasteiger partial charge in [0.1, 0.15) is 10.8 Å². The molecule has 0 bridgehead atoms. The third-order valence-corrected chi connectivity index (χ3v) is 4.64. The third kappa shape index (κ3) is 3.58. The van der Waals surface area contributed by atoms with Crippen LogP contribution in [0.15, 0.2) is 24.3 Å². The molecule has 0 aliphatic carbocycles. The van der Waals surface area contributed by atoms with Crippen molar-refractivity contribution in [1.29, 1.82) is 0 Å². The quantitative estimate of drug-likeness (QED) is 0.918. The molecular weight excluding hydrogens is 286 g/mol. The Balaban J connectivity index is 2.13. The lowest BCUT2D eigenvalue weighted by Gasteiger charge is -2.17. The van der Waals surface area contributed by atoms with E-state index in [4.69, 9.17) is 4.74 Å². The van der Waals surface area contributed by atoms with E-state index in [1.807, 2.05) is 0 Å². The highest BCUT2D eigenvalue weighted by Gasteiger charge is 2.23. The van der Waals surface area contributed by atoms with E-state index in [0.717, 1.165) is 11.4 Å². The molecule has 2 aromatic rings. The Morgan fingerprint density at radius 2 is 2.14 bits per heavy atom. The van der Waals surface area contributed by atoms with Crippen LogP contribution in [0.5, 0.6) is 5.75 Å². The van der Waals surface area contributed by atoms with Gasteiger partial charge in [-0.1, -0.05) is 38.2 Å². The molecule has 0 fully saturated rings. The fourth-order valence-corrected chi connectivity index (χ4v) is 2.54. The number of anilines is 1. The van der Waals surface area contributed by atoms with Crippen LogP contribution in [0.1, 0.15) is 42.6 Å². The zero-order valence-electron chi connectivity index (χ0n) is 12.6. The molecule has 0 radical (unpaired) electrons. The Kier molecular flexibility index (Phi) is 4.57. The summed E-state index contributed by atoms with van der Waals surface area (Å²) in [4.78, 5) is 12.2. The first kappa shape index (κ1) is 15.4. The molecule has 1 amide bonds. The minimum Gasteiger partial charge on any atom is -0.497 e. The lowest BCUT2D eigenvalue weighted by atomic mass is 9.91. The van der Waals surface area contributed by atoms with E-state index in [1.54, 1.807) is 31.4 Å². The molecule has 5 nitrogen and oxygen atoms in total. The SMILES string of the molecule is CCC(C)(C)c1nnc(NC(=O)c2cccc(OC)c2)s1. The summed E-state index contributed by atoms with van der Waals surface area (Å²) in [6.45, 7) is 6.33. The van der Waals surface area contributed by atoms with Crippen molar-refractivity contribution in [3.05, 3.63) is 34.8 Å². The van der Waals surface area contributed by atoms with Crippen LogP contribution in [0.2, 0.25) is 0 Å². The van der Waals surface area contributed by atoms with Gasteiger partial charge in [-0.05, 0) is 24.6 Å². The first-order valence-corrected chi connectivity index (χ1v) is 7.57. The normalized spacial score (nSPS) is 11.2. The zero-order valence-corrected chi connectivity index (χ0v) is 13.5. The average molecular weight is 305 g/mol. The van der Waals surface area contributed by atoms with Crippen LogP contribution in [-0.4, -0.2) is 23.2 Å². The van der Waals surface area contributed by atoms with E-state index in [9.17, 15) is 4.79 Å². The van der Waals surface area contributed by atoms with Gasteiger partial charge in [-0.2, -0.15) is 0 Å². The van der Waals surface area contributed by atoms with Gasteiger partial charge in [0.25, 0.3) is 5.91 Å². The second kappa shape index (κ2) is 6.22. The summed E-state index contributed by atoms with van der Waals surface area (Å²) in [5, 5.41) is 12.4. The van der Waals surface area contributed by atoms with Crippen LogP contribution in [-0.2, 0) is 5.41 Å². The van der Waals surface area contributed by atoms with Gasteiger partial charge in [0.2, 0.25) is 5.13 Å². The number of nitrogens with one attached hydrogen (secondary N) is 1. The summed E-state index contributed by atoms with van der Waals surface area (Å²) < 4.78 is 5.11. The van der Waals surface area contributed by atoms with Crippen LogP contribution >= 0.6 is 11.3 Å². The molecule has 2 rings (SSSR count). The molecule has 0 saturated heterocycles. The Bertz CT molecular complexity index is 637. The number of benzene rings is 1. The number of rotatable bonds is 5. The van der Waals surface area contributed by atoms with Crippen molar-refractivity contribution in [2.24, 2.45) is 0 Å². The van der Waals surface area contributed by atoms with Gasteiger partial charge in [0.15, 0.2) is 0 Å². The van der Waals surface area contributed by atoms with Crippen molar-refractivity contribution in [3.8, 4) is 5.75 Å². The largest absolute Gasteiger partial charge is 0.497 e. The molecule has 0 atom stereocenters. The smallest absolute Gasteiger partial charge is 0.257 e. The molecule has 112 valence electrons. The molecule has 0 spiro atoms. The number of aromatic nitrogens is 2. The maximum atomic E-state index is 12.2. The fourth-order valence-electron chi connectivity index (χ4n) is 1.63. The molecule has 0 saturated carbocycles. The summed E-state index contributed by atoms with van der Waals surface area (Å²) in [6, 6.07) is 6.99. The molecular formula is C15H19N3O2S. The standard InChI is InChI=1S/C15H19N3O2S/c1-5-15(2,3)13-17-18-14(21-13)16-12(19)10-7-6-8-11(9-10)20-4/h6-9H,5H2,1-4H3,(H,16,18,19). The van der Waals surface area contributed by atoms with Gasteiger partial charge >= 0.3 is 0 Å². The maximum absolute atomic E-state index is 12.2. The van der Waals surface area contributed by atoms with Gasteiger partial charge in [-0.3, -0.25) is 10.1 Å². The van der Waals surface area contributed by atoms with E-state index in [2.05, 4.69) is 36.3 Å². The predicted molar refractivity (Wildman–Crippen MR) is 84.2 cm³/mol. The summed E-state index contributed by atoms with van der Waals surface area (Å²) in [5.41, 5.74) is 0.497. The average Bonchev–Trinajstić information content (AvgIpc) is 2.96. The van der Waals surface area contributed by atoms with Gasteiger partial charge in [-0.15, -0.1) is 10.2 Å². The lowest BCUT2D eigenvalue weighted by Crippen LogP contribution is -2.14. The highest BCUT2D eigenvalue weighted by Crippen LogP contribution is 2.31. The first-order chi connectivity index (χ1) is 9.96. The van der Waals surface area contributed by atoms with E-state index >= 15 is 0 Å². The first-order valence-electron chi connectivity index (χ1n) is 6.75. The molecule has 1 heterocycles. The van der Waals surface area contributed by atoms with E-state index in [-0.39, 0.29) is 11.3 Å². The lowest BCUT2D eigenvalue weighted by molar-refractivity contribution is 0.102. The van der Waals surface area contributed by atoms with Crippen LogP contribution in [0.4, 0.5) is 5.13 Å². The number of amides is 1. The van der Waals surface area contributed by atoms with Gasteiger partial charge in [0.05, 0.1) is 7.11 Å². The molecule has 0 unspecified atom stereocenters. The van der Waals surface area contributed by atoms with Crippen molar-refractivity contribution in [2.45, 2.75) is 32.6 Å². The van der Waals surface area contributed by atoms with Crippen LogP contribution in [0.25, 0.3) is 0 Å². The van der Waals surface area contributed by atoms with Gasteiger partial charge in [-0.25, -0.2) is 0 Å². The maximum Gasteiger partial charge on any atom is 0.257 e. The van der Waals surface area contributed by atoms with E-state index < -0.39 is 0 Å². The second-order valence-corrected chi connectivity index (χ2v) is 6.31. The second-order valence-electron chi connectivity index (χ2n) is 5.34. The number of hydrogen-bond donors (Lipinski definition) is 1. The molecule has 1 aromatic carbocycles.